The summed E-state index contributed by atoms with van der Waals surface area (Å²) in [7, 11) is 0. The third kappa shape index (κ3) is 2.60. The van der Waals surface area contributed by atoms with Crippen molar-refractivity contribution in [1.82, 2.24) is 0 Å². The van der Waals surface area contributed by atoms with E-state index in [9.17, 15) is 0 Å². The SMILES string of the molecule is CC[C@@H](Br)c1cccc(Br)c1. The number of benzene rings is 1. The first-order valence-corrected chi connectivity index (χ1v) is 5.34. The van der Waals surface area contributed by atoms with Gasteiger partial charge < -0.3 is 0 Å². The smallest absolute Gasteiger partial charge is 0.0393 e. The standard InChI is InChI=1S/C9H10Br2/c1-2-9(11)7-4-3-5-8(10)6-7/h3-6,9H,2H2,1H3/t9-/m1/s1. The summed E-state index contributed by atoms with van der Waals surface area (Å²) in [5.74, 6) is 0. The molecular formula is C9H10Br2. The lowest BCUT2D eigenvalue weighted by molar-refractivity contribution is 0.910. The number of rotatable bonds is 2. The number of hydrogen-bond donors (Lipinski definition) is 0. The van der Waals surface area contributed by atoms with Crippen molar-refractivity contribution in [3.8, 4) is 0 Å². The van der Waals surface area contributed by atoms with Gasteiger partial charge in [0.1, 0.15) is 0 Å². The zero-order chi connectivity index (χ0) is 8.27. The van der Waals surface area contributed by atoms with E-state index in [1.165, 1.54) is 5.56 Å². The van der Waals surface area contributed by atoms with Crippen molar-refractivity contribution in [2.45, 2.75) is 18.2 Å². The van der Waals surface area contributed by atoms with Crippen molar-refractivity contribution in [2.75, 3.05) is 0 Å². The van der Waals surface area contributed by atoms with Crippen LogP contribution in [0.25, 0.3) is 0 Å². The predicted molar refractivity (Wildman–Crippen MR) is 56.1 cm³/mol. The molecule has 0 N–H and O–H groups in total. The van der Waals surface area contributed by atoms with Crippen molar-refractivity contribution in [2.24, 2.45) is 0 Å². The lowest BCUT2D eigenvalue weighted by Crippen LogP contribution is -1.85. The zero-order valence-corrected chi connectivity index (χ0v) is 9.52. The second-order valence-corrected chi connectivity index (χ2v) is 4.45. The molecular weight excluding hydrogens is 268 g/mol. The number of alkyl halides is 1. The van der Waals surface area contributed by atoms with E-state index in [0.29, 0.717) is 4.83 Å². The molecule has 0 aliphatic heterocycles. The summed E-state index contributed by atoms with van der Waals surface area (Å²) in [5, 5.41) is 0. The van der Waals surface area contributed by atoms with Gasteiger partial charge in [-0.25, -0.2) is 0 Å². The molecule has 0 radical (unpaired) electrons. The third-order valence-corrected chi connectivity index (χ3v) is 3.24. The summed E-state index contributed by atoms with van der Waals surface area (Å²) in [5.41, 5.74) is 1.34. The van der Waals surface area contributed by atoms with E-state index in [-0.39, 0.29) is 0 Å². The minimum atomic E-state index is 0.486. The van der Waals surface area contributed by atoms with Crippen LogP contribution in [0.4, 0.5) is 0 Å². The van der Waals surface area contributed by atoms with Crippen molar-refractivity contribution < 1.29 is 0 Å². The lowest BCUT2D eigenvalue weighted by atomic mass is 10.1. The van der Waals surface area contributed by atoms with Gasteiger partial charge >= 0.3 is 0 Å². The van der Waals surface area contributed by atoms with Crippen molar-refractivity contribution in [1.29, 1.82) is 0 Å². The van der Waals surface area contributed by atoms with Crippen LogP contribution in [0.2, 0.25) is 0 Å². The summed E-state index contributed by atoms with van der Waals surface area (Å²) in [6, 6.07) is 8.37. The molecule has 2 heteroatoms. The Balaban J connectivity index is 2.86. The Morgan fingerprint density at radius 2 is 2.18 bits per heavy atom. The predicted octanol–water partition coefficient (Wildman–Crippen LogP) is 4.30. The topological polar surface area (TPSA) is 0 Å². The van der Waals surface area contributed by atoms with Crippen LogP contribution >= 0.6 is 31.9 Å². The second-order valence-electron chi connectivity index (χ2n) is 2.43. The van der Waals surface area contributed by atoms with E-state index < -0.39 is 0 Å². The molecule has 0 bridgehead atoms. The Labute approximate surface area is 84.3 Å². The second kappa shape index (κ2) is 4.27. The number of hydrogen-bond acceptors (Lipinski definition) is 0. The van der Waals surface area contributed by atoms with E-state index in [1.54, 1.807) is 0 Å². The Hall–Kier alpha value is 0.180. The molecule has 0 amide bonds. The summed E-state index contributed by atoms with van der Waals surface area (Å²) < 4.78 is 1.15. The largest absolute Gasteiger partial charge is 0.0839 e. The van der Waals surface area contributed by atoms with Gasteiger partial charge in [0.05, 0.1) is 0 Å². The molecule has 0 fully saturated rings. The van der Waals surface area contributed by atoms with Gasteiger partial charge in [0, 0.05) is 9.30 Å². The summed E-state index contributed by atoms with van der Waals surface area (Å²) in [6.07, 6.45) is 1.12. The van der Waals surface area contributed by atoms with E-state index in [4.69, 9.17) is 0 Å². The summed E-state index contributed by atoms with van der Waals surface area (Å²) in [4.78, 5) is 0.486. The molecule has 0 aliphatic carbocycles. The van der Waals surface area contributed by atoms with Crippen LogP contribution in [-0.2, 0) is 0 Å². The molecule has 0 saturated heterocycles. The molecule has 0 heterocycles. The Morgan fingerprint density at radius 1 is 1.45 bits per heavy atom. The molecule has 0 aromatic heterocycles. The fraction of sp³-hybridized carbons (Fsp3) is 0.333. The highest BCUT2D eigenvalue weighted by atomic mass is 79.9. The van der Waals surface area contributed by atoms with Crippen molar-refractivity contribution in [3.05, 3.63) is 34.3 Å². The average Bonchev–Trinajstić information content (AvgIpc) is 2.03. The Kier molecular flexibility index (Phi) is 3.60. The van der Waals surface area contributed by atoms with Crippen LogP contribution in [0.3, 0.4) is 0 Å². The first-order valence-electron chi connectivity index (χ1n) is 3.63. The van der Waals surface area contributed by atoms with Crippen molar-refractivity contribution >= 4 is 31.9 Å². The highest BCUT2D eigenvalue weighted by molar-refractivity contribution is 9.10. The monoisotopic (exact) mass is 276 g/mol. The highest BCUT2D eigenvalue weighted by Gasteiger charge is 2.03. The zero-order valence-electron chi connectivity index (χ0n) is 6.35. The van der Waals surface area contributed by atoms with Crippen LogP contribution in [0.15, 0.2) is 28.7 Å². The molecule has 0 saturated carbocycles. The van der Waals surface area contributed by atoms with Crippen LogP contribution in [0.1, 0.15) is 23.7 Å². The van der Waals surface area contributed by atoms with Gasteiger partial charge in [-0.05, 0) is 24.1 Å². The van der Waals surface area contributed by atoms with E-state index >= 15 is 0 Å². The molecule has 1 aromatic rings. The molecule has 0 nitrogen and oxygen atoms in total. The normalized spacial score (nSPS) is 13.0. The van der Waals surface area contributed by atoms with Gasteiger partial charge in [-0.3, -0.25) is 0 Å². The highest BCUT2D eigenvalue weighted by Crippen LogP contribution is 2.27. The first-order chi connectivity index (χ1) is 5.24. The molecule has 1 atom stereocenters. The van der Waals surface area contributed by atoms with Crippen LogP contribution in [-0.4, -0.2) is 0 Å². The van der Waals surface area contributed by atoms with Gasteiger partial charge in [-0.2, -0.15) is 0 Å². The number of halogens is 2. The third-order valence-electron chi connectivity index (χ3n) is 1.57. The minimum absolute atomic E-state index is 0.486. The van der Waals surface area contributed by atoms with E-state index in [1.807, 2.05) is 6.07 Å². The summed E-state index contributed by atoms with van der Waals surface area (Å²) >= 11 is 7.04. The van der Waals surface area contributed by atoms with Gasteiger partial charge in [0.25, 0.3) is 0 Å². The average molecular weight is 278 g/mol. The molecule has 60 valence electrons. The lowest BCUT2D eigenvalue weighted by Gasteiger charge is -2.06. The maximum absolute atomic E-state index is 3.60. The first kappa shape index (κ1) is 9.27. The van der Waals surface area contributed by atoms with Gasteiger partial charge in [0.2, 0.25) is 0 Å². The Bertz CT molecular complexity index is 233. The molecule has 0 spiro atoms. The van der Waals surface area contributed by atoms with E-state index in [2.05, 4.69) is 57.0 Å². The molecule has 0 aliphatic rings. The fourth-order valence-corrected chi connectivity index (χ4v) is 1.64. The minimum Gasteiger partial charge on any atom is -0.0839 e. The maximum Gasteiger partial charge on any atom is 0.0393 e. The van der Waals surface area contributed by atoms with E-state index in [0.717, 1.165) is 10.9 Å². The van der Waals surface area contributed by atoms with Gasteiger partial charge in [-0.15, -0.1) is 0 Å². The van der Waals surface area contributed by atoms with Gasteiger partial charge in [-0.1, -0.05) is 50.9 Å². The van der Waals surface area contributed by atoms with Crippen molar-refractivity contribution in [3.63, 3.8) is 0 Å². The quantitative estimate of drug-likeness (QED) is 0.708. The van der Waals surface area contributed by atoms with Crippen LogP contribution in [0, 0.1) is 0 Å². The Morgan fingerprint density at radius 3 is 2.73 bits per heavy atom. The van der Waals surface area contributed by atoms with Crippen LogP contribution in [0.5, 0.6) is 0 Å². The molecule has 1 rings (SSSR count). The summed E-state index contributed by atoms with van der Waals surface area (Å²) in [6.45, 7) is 2.17. The van der Waals surface area contributed by atoms with Gasteiger partial charge in [0.15, 0.2) is 0 Å². The molecule has 0 unspecified atom stereocenters. The fourth-order valence-electron chi connectivity index (χ4n) is 0.937. The van der Waals surface area contributed by atoms with Crippen LogP contribution < -0.4 is 0 Å². The molecule has 11 heavy (non-hydrogen) atoms. The molecule has 1 aromatic carbocycles. The maximum atomic E-state index is 3.60.